The van der Waals surface area contributed by atoms with Gasteiger partial charge in [-0.3, -0.25) is 9.59 Å². The molecule has 2 heterocycles. The summed E-state index contributed by atoms with van der Waals surface area (Å²) >= 11 is 0. The number of aromatic hydroxyl groups is 1. The fraction of sp³-hybridized carbons (Fsp3) is 0.467. The molecule has 210 valence electrons. The molecule has 7 atom stereocenters. The highest BCUT2D eigenvalue weighted by molar-refractivity contribution is 6.05. The van der Waals surface area contributed by atoms with Crippen LogP contribution in [0.1, 0.15) is 49.5 Å². The van der Waals surface area contributed by atoms with E-state index in [1.165, 1.54) is 20.3 Å². The second kappa shape index (κ2) is 11.0. The maximum absolute atomic E-state index is 13.7. The van der Waals surface area contributed by atoms with Gasteiger partial charge in [0.2, 0.25) is 11.6 Å². The number of aliphatic hydroxyl groups excluding tert-OH is 1. The first-order valence-corrected chi connectivity index (χ1v) is 13.1. The van der Waals surface area contributed by atoms with E-state index in [2.05, 4.69) is 0 Å². The maximum Gasteiger partial charge on any atom is 0.230 e. The van der Waals surface area contributed by atoms with E-state index in [9.17, 15) is 24.9 Å². The number of fused-ring (bicyclic) bond motifs is 3. The molecule has 9 heteroatoms. The molecule has 0 aromatic heterocycles. The molecule has 0 amide bonds. The van der Waals surface area contributed by atoms with Gasteiger partial charge >= 0.3 is 0 Å². The summed E-state index contributed by atoms with van der Waals surface area (Å²) < 4.78 is 22.2. The molecule has 0 spiro atoms. The standard InChI is InChI=1S/C28H30O9.C2H6/c1-13(26-25(31)24(30)23-19(34-3)6-5-7-20(23)37-26)10-16-22(15-8-9-18(29)21(11-15)35-4)17-12-36-28(33,14(17)2)27(16)32;1-2/h5-11,14,16-17,22,25-26,29,31,33H,12H2,1-4H3;1-2H3/b13-10+;/t14?,16?,17?,22?,25?,26-,28-;/m1./s1. The molecule has 1 saturated heterocycles. The molecule has 2 fully saturated rings. The van der Waals surface area contributed by atoms with Crippen LogP contribution in [-0.4, -0.2) is 65.7 Å². The van der Waals surface area contributed by atoms with E-state index in [1.807, 2.05) is 13.8 Å². The molecule has 3 N–H and O–H groups in total. The van der Waals surface area contributed by atoms with Gasteiger partial charge in [-0.1, -0.05) is 39.0 Å². The number of phenolic OH excluding ortho intramolecular Hbond substituents is 1. The predicted octanol–water partition coefficient (Wildman–Crippen LogP) is 3.64. The van der Waals surface area contributed by atoms with Crippen LogP contribution in [0.4, 0.5) is 0 Å². The molecule has 5 unspecified atom stereocenters. The Balaban J connectivity index is 0.00000172. The van der Waals surface area contributed by atoms with E-state index in [1.54, 1.807) is 50.3 Å². The Morgan fingerprint density at radius 3 is 2.46 bits per heavy atom. The Morgan fingerprint density at radius 2 is 1.79 bits per heavy atom. The first kappa shape index (κ1) is 28.6. The van der Waals surface area contributed by atoms with E-state index >= 15 is 0 Å². The van der Waals surface area contributed by atoms with Crippen molar-refractivity contribution in [2.75, 3.05) is 20.8 Å². The molecule has 2 bridgehead atoms. The number of methoxy groups -OCH3 is 2. The van der Waals surface area contributed by atoms with Crippen LogP contribution in [-0.2, 0) is 9.53 Å². The number of hydrogen-bond donors (Lipinski definition) is 3. The Hall–Kier alpha value is -3.40. The van der Waals surface area contributed by atoms with Crippen LogP contribution >= 0.6 is 0 Å². The van der Waals surface area contributed by atoms with Crippen molar-refractivity contribution < 1.29 is 43.9 Å². The highest BCUT2D eigenvalue weighted by Crippen LogP contribution is 2.54. The van der Waals surface area contributed by atoms with Crippen molar-refractivity contribution in [3.63, 3.8) is 0 Å². The Kier molecular flexibility index (Phi) is 8.07. The minimum absolute atomic E-state index is 0.0322. The lowest BCUT2D eigenvalue weighted by Gasteiger charge is -2.41. The summed E-state index contributed by atoms with van der Waals surface area (Å²) in [5.74, 6) is -4.12. The average Bonchev–Trinajstić information content (AvgIpc) is 3.19. The summed E-state index contributed by atoms with van der Waals surface area (Å²) in [7, 11) is 2.87. The summed E-state index contributed by atoms with van der Waals surface area (Å²) in [6, 6.07) is 9.83. The SMILES string of the molecule is CC.COc1cc(C2C(/C=C(\C)[C@H]3Oc4cccc(OC)c4C(=O)C3O)C(=O)[C@]3(O)OCC2C3C)ccc1O. The van der Waals surface area contributed by atoms with Crippen LogP contribution in [0.15, 0.2) is 48.0 Å². The maximum atomic E-state index is 13.7. The van der Waals surface area contributed by atoms with E-state index < -0.39 is 47.3 Å². The molecular formula is C30H36O9. The van der Waals surface area contributed by atoms with Gasteiger partial charge < -0.3 is 34.3 Å². The minimum atomic E-state index is -1.94. The van der Waals surface area contributed by atoms with Gasteiger partial charge in [0.25, 0.3) is 0 Å². The summed E-state index contributed by atoms with van der Waals surface area (Å²) in [6.45, 7) is 7.64. The van der Waals surface area contributed by atoms with Crippen molar-refractivity contribution in [1.82, 2.24) is 0 Å². The quantitative estimate of drug-likeness (QED) is 0.486. The number of phenols is 1. The van der Waals surface area contributed by atoms with Gasteiger partial charge in [0.05, 0.1) is 20.8 Å². The van der Waals surface area contributed by atoms with Gasteiger partial charge in [0.15, 0.2) is 29.5 Å². The normalized spacial score (nSPS) is 31.5. The Labute approximate surface area is 228 Å². The topological polar surface area (TPSA) is 132 Å². The zero-order valence-corrected chi connectivity index (χ0v) is 23.0. The number of rotatable bonds is 5. The van der Waals surface area contributed by atoms with Gasteiger partial charge in [-0.15, -0.1) is 0 Å². The van der Waals surface area contributed by atoms with Crippen molar-refractivity contribution >= 4 is 11.6 Å². The fourth-order valence-corrected chi connectivity index (χ4v) is 5.93. The molecule has 39 heavy (non-hydrogen) atoms. The van der Waals surface area contributed by atoms with Gasteiger partial charge in [-0.25, -0.2) is 0 Å². The summed E-state index contributed by atoms with van der Waals surface area (Å²) in [5, 5.41) is 32.1. The first-order chi connectivity index (χ1) is 18.6. The molecule has 1 aliphatic carbocycles. The highest BCUT2D eigenvalue weighted by Gasteiger charge is 2.62. The lowest BCUT2D eigenvalue weighted by molar-refractivity contribution is -0.204. The van der Waals surface area contributed by atoms with E-state index in [0.717, 1.165) is 5.56 Å². The third kappa shape index (κ3) is 4.58. The smallest absolute Gasteiger partial charge is 0.230 e. The zero-order chi connectivity index (χ0) is 28.6. The number of Topliss-reactive ketones (excluding diaryl/α,β-unsaturated/α-hetero) is 2. The number of benzene rings is 2. The first-order valence-electron chi connectivity index (χ1n) is 13.1. The fourth-order valence-electron chi connectivity index (χ4n) is 5.93. The second-order valence-electron chi connectivity index (χ2n) is 9.90. The second-order valence-corrected chi connectivity index (χ2v) is 9.90. The molecule has 2 aromatic carbocycles. The van der Waals surface area contributed by atoms with Gasteiger partial charge in [-0.2, -0.15) is 0 Å². The largest absolute Gasteiger partial charge is 0.504 e. The van der Waals surface area contributed by atoms with Crippen LogP contribution in [0.5, 0.6) is 23.0 Å². The number of ether oxygens (including phenoxy) is 4. The van der Waals surface area contributed by atoms with Crippen molar-refractivity contribution in [3.8, 4) is 23.0 Å². The van der Waals surface area contributed by atoms with Crippen molar-refractivity contribution in [3.05, 3.63) is 59.2 Å². The van der Waals surface area contributed by atoms with Crippen LogP contribution in [0.3, 0.4) is 0 Å². The lowest BCUT2D eigenvalue weighted by Crippen LogP contribution is -2.53. The number of carbonyl (C=O) groups excluding carboxylic acids is 2. The molecular weight excluding hydrogens is 504 g/mol. The zero-order valence-electron chi connectivity index (χ0n) is 23.0. The average molecular weight is 541 g/mol. The minimum Gasteiger partial charge on any atom is -0.504 e. The van der Waals surface area contributed by atoms with Crippen molar-refractivity contribution in [2.45, 2.75) is 51.6 Å². The lowest BCUT2D eigenvalue weighted by atomic mass is 9.62. The third-order valence-corrected chi connectivity index (χ3v) is 8.00. The van der Waals surface area contributed by atoms with Gasteiger partial charge in [-0.05, 0) is 48.2 Å². The van der Waals surface area contributed by atoms with Gasteiger partial charge in [0.1, 0.15) is 17.1 Å². The Bertz CT molecular complexity index is 1290. The van der Waals surface area contributed by atoms with Crippen LogP contribution in [0.25, 0.3) is 0 Å². The number of carbonyl (C=O) groups is 2. The Morgan fingerprint density at radius 1 is 1.10 bits per heavy atom. The molecule has 5 rings (SSSR count). The number of ketones is 2. The predicted molar refractivity (Wildman–Crippen MR) is 142 cm³/mol. The molecule has 9 nitrogen and oxygen atoms in total. The molecule has 2 aromatic rings. The molecule has 0 radical (unpaired) electrons. The summed E-state index contributed by atoms with van der Waals surface area (Å²) in [5.41, 5.74) is 1.36. The van der Waals surface area contributed by atoms with E-state index in [0.29, 0.717) is 11.3 Å². The monoisotopic (exact) mass is 540 g/mol. The van der Waals surface area contributed by atoms with Crippen LogP contribution in [0.2, 0.25) is 0 Å². The van der Waals surface area contributed by atoms with Crippen LogP contribution in [0, 0.1) is 17.8 Å². The molecule has 2 aliphatic heterocycles. The van der Waals surface area contributed by atoms with E-state index in [-0.39, 0.29) is 35.3 Å². The summed E-state index contributed by atoms with van der Waals surface area (Å²) in [4.78, 5) is 26.7. The van der Waals surface area contributed by atoms with Crippen LogP contribution < -0.4 is 14.2 Å². The van der Waals surface area contributed by atoms with Crippen molar-refractivity contribution in [2.24, 2.45) is 17.8 Å². The molecule has 1 saturated carbocycles. The van der Waals surface area contributed by atoms with Gasteiger partial charge in [0, 0.05) is 17.8 Å². The highest BCUT2D eigenvalue weighted by atomic mass is 16.6. The summed E-state index contributed by atoms with van der Waals surface area (Å²) in [6.07, 6.45) is -0.902. The third-order valence-electron chi connectivity index (χ3n) is 8.00. The number of aliphatic hydroxyl groups is 2. The van der Waals surface area contributed by atoms with Crippen molar-refractivity contribution in [1.29, 1.82) is 0 Å². The number of allylic oxidation sites excluding steroid dienone is 1. The molecule has 3 aliphatic rings. The number of hydrogen-bond acceptors (Lipinski definition) is 9. The van der Waals surface area contributed by atoms with E-state index in [4.69, 9.17) is 18.9 Å².